The van der Waals surface area contributed by atoms with Crippen molar-refractivity contribution in [3.63, 3.8) is 0 Å². The monoisotopic (exact) mass is 298 g/mol. The zero-order valence-electron chi connectivity index (χ0n) is 12.7. The number of carboxylic acid groups (broad SMARTS) is 1. The van der Waals surface area contributed by atoms with E-state index < -0.39 is 5.97 Å². The largest absolute Gasteiger partial charge is 0.481 e. The lowest BCUT2D eigenvalue weighted by molar-refractivity contribution is -0.138. The van der Waals surface area contributed by atoms with Crippen molar-refractivity contribution in [3.05, 3.63) is 0 Å². The number of hydrogen-bond donors (Lipinski definition) is 2. The normalized spacial score (nSPS) is 27.7. The summed E-state index contributed by atoms with van der Waals surface area (Å²) in [4.78, 5) is 25.1. The molecule has 2 rings (SSSR count). The maximum Gasteiger partial charge on any atom is 0.317 e. The van der Waals surface area contributed by atoms with Gasteiger partial charge in [-0.3, -0.25) is 4.79 Å². The Morgan fingerprint density at radius 2 is 1.95 bits per heavy atom. The zero-order chi connectivity index (χ0) is 15.2. The number of carbonyl (C=O) groups excluding carboxylic acids is 1. The maximum absolute atomic E-state index is 12.3. The molecule has 21 heavy (non-hydrogen) atoms. The Hall–Kier alpha value is -1.30. The number of carboxylic acids is 1. The number of ether oxygens (including phenoxy) is 1. The highest BCUT2D eigenvalue weighted by Gasteiger charge is 2.43. The van der Waals surface area contributed by atoms with E-state index in [1.807, 2.05) is 11.8 Å². The first-order valence-corrected chi connectivity index (χ1v) is 7.97. The number of piperidine rings is 1. The third kappa shape index (κ3) is 4.33. The first-order chi connectivity index (χ1) is 10.1. The van der Waals surface area contributed by atoms with Crippen molar-refractivity contribution in [2.45, 2.75) is 57.5 Å². The molecule has 0 aliphatic carbocycles. The van der Waals surface area contributed by atoms with E-state index in [1.165, 1.54) is 0 Å². The molecule has 2 heterocycles. The molecule has 6 nitrogen and oxygen atoms in total. The highest BCUT2D eigenvalue weighted by Crippen LogP contribution is 2.39. The summed E-state index contributed by atoms with van der Waals surface area (Å²) in [6.07, 6.45) is 4.73. The number of fused-ring (bicyclic) bond motifs is 2. The number of urea groups is 1. The van der Waals surface area contributed by atoms with Crippen LogP contribution in [0.5, 0.6) is 0 Å². The van der Waals surface area contributed by atoms with E-state index in [-0.39, 0.29) is 30.5 Å². The van der Waals surface area contributed by atoms with Gasteiger partial charge in [0.05, 0.1) is 0 Å². The second kappa shape index (κ2) is 7.64. The van der Waals surface area contributed by atoms with Gasteiger partial charge in [0.2, 0.25) is 0 Å². The Morgan fingerprint density at radius 1 is 1.29 bits per heavy atom. The van der Waals surface area contributed by atoms with Crippen LogP contribution in [0.4, 0.5) is 4.79 Å². The van der Waals surface area contributed by atoms with Crippen LogP contribution >= 0.6 is 0 Å². The number of rotatable bonds is 7. The molecule has 0 saturated carbocycles. The minimum atomic E-state index is -0.728. The minimum Gasteiger partial charge on any atom is -0.481 e. The molecular weight excluding hydrogens is 272 g/mol. The van der Waals surface area contributed by atoms with Crippen LogP contribution in [0, 0.1) is 5.92 Å². The summed E-state index contributed by atoms with van der Waals surface area (Å²) < 4.78 is 5.25. The van der Waals surface area contributed by atoms with Gasteiger partial charge >= 0.3 is 12.0 Å². The molecule has 0 aromatic heterocycles. The smallest absolute Gasteiger partial charge is 0.317 e. The van der Waals surface area contributed by atoms with E-state index >= 15 is 0 Å². The zero-order valence-corrected chi connectivity index (χ0v) is 12.7. The fourth-order valence-electron chi connectivity index (χ4n) is 3.64. The number of aliphatic carboxylic acids is 1. The fourth-order valence-corrected chi connectivity index (χ4v) is 3.64. The molecule has 2 unspecified atom stereocenters. The third-order valence-electron chi connectivity index (χ3n) is 4.47. The SMILES string of the molecule is CCOCCCNC(=O)N1C2CCC1CC(CC(=O)O)C2. The van der Waals surface area contributed by atoms with Gasteiger partial charge in [0.1, 0.15) is 0 Å². The molecule has 2 fully saturated rings. The molecule has 2 atom stereocenters. The van der Waals surface area contributed by atoms with E-state index in [9.17, 15) is 9.59 Å². The average Bonchev–Trinajstić information content (AvgIpc) is 2.69. The van der Waals surface area contributed by atoms with Gasteiger partial charge in [0.25, 0.3) is 0 Å². The number of amides is 2. The van der Waals surface area contributed by atoms with Crippen molar-refractivity contribution in [3.8, 4) is 0 Å². The van der Waals surface area contributed by atoms with Gasteiger partial charge in [-0.15, -0.1) is 0 Å². The summed E-state index contributed by atoms with van der Waals surface area (Å²) in [6.45, 7) is 3.96. The lowest BCUT2D eigenvalue weighted by Gasteiger charge is -2.38. The first kappa shape index (κ1) is 16.1. The van der Waals surface area contributed by atoms with Crippen molar-refractivity contribution in [1.29, 1.82) is 0 Å². The minimum absolute atomic E-state index is 0.00720. The van der Waals surface area contributed by atoms with Crippen molar-refractivity contribution < 1.29 is 19.4 Å². The van der Waals surface area contributed by atoms with Crippen LogP contribution in [-0.2, 0) is 9.53 Å². The lowest BCUT2D eigenvalue weighted by atomic mass is 9.88. The maximum atomic E-state index is 12.3. The summed E-state index contributed by atoms with van der Waals surface area (Å²) in [5, 5.41) is 11.9. The van der Waals surface area contributed by atoms with Gasteiger partial charge in [-0.25, -0.2) is 4.79 Å². The molecule has 2 bridgehead atoms. The van der Waals surface area contributed by atoms with Crippen LogP contribution in [0.2, 0.25) is 0 Å². The van der Waals surface area contributed by atoms with E-state index in [4.69, 9.17) is 9.84 Å². The average molecular weight is 298 g/mol. The summed E-state index contributed by atoms with van der Waals surface area (Å²) >= 11 is 0. The molecule has 2 aliphatic rings. The molecule has 2 N–H and O–H groups in total. The molecule has 120 valence electrons. The standard InChI is InChI=1S/C15H26N2O4/c1-2-21-7-3-6-16-15(20)17-12-4-5-13(17)9-11(8-12)10-14(18)19/h11-13H,2-10H2,1H3,(H,16,20)(H,18,19). The molecule has 6 heteroatoms. The predicted octanol–water partition coefficient (Wildman–Crippen LogP) is 1.84. The molecule has 0 spiro atoms. The molecule has 2 aliphatic heterocycles. The molecule has 0 aromatic rings. The van der Waals surface area contributed by atoms with Gasteiger partial charge in [-0.05, 0) is 44.9 Å². The van der Waals surface area contributed by atoms with E-state index in [0.717, 1.165) is 32.1 Å². The van der Waals surface area contributed by atoms with E-state index in [1.54, 1.807) is 0 Å². The van der Waals surface area contributed by atoms with Gasteiger partial charge in [-0.2, -0.15) is 0 Å². The topological polar surface area (TPSA) is 78.9 Å². The van der Waals surface area contributed by atoms with Gasteiger partial charge < -0.3 is 20.1 Å². The highest BCUT2D eigenvalue weighted by atomic mass is 16.5. The van der Waals surface area contributed by atoms with Crippen molar-refractivity contribution in [2.75, 3.05) is 19.8 Å². The Morgan fingerprint density at radius 3 is 2.52 bits per heavy atom. The predicted molar refractivity (Wildman–Crippen MR) is 78.1 cm³/mol. The molecule has 2 amide bonds. The number of carbonyl (C=O) groups is 2. The fraction of sp³-hybridized carbons (Fsp3) is 0.867. The van der Waals surface area contributed by atoms with Crippen molar-refractivity contribution in [1.82, 2.24) is 10.2 Å². The van der Waals surface area contributed by atoms with Crippen LogP contribution in [0.3, 0.4) is 0 Å². The van der Waals surface area contributed by atoms with Gasteiger partial charge in [0, 0.05) is 38.3 Å². The number of nitrogens with one attached hydrogen (secondary N) is 1. The second-order valence-electron chi connectivity index (χ2n) is 6.01. The van der Waals surface area contributed by atoms with Crippen LogP contribution in [0.25, 0.3) is 0 Å². The highest BCUT2D eigenvalue weighted by molar-refractivity contribution is 5.75. The Labute approximate surface area is 125 Å². The van der Waals surface area contributed by atoms with Gasteiger partial charge in [-0.1, -0.05) is 0 Å². The second-order valence-corrected chi connectivity index (χ2v) is 6.01. The molecule has 2 saturated heterocycles. The van der Waals surface area contributed by atoms with Gasteiger partial charge in [0.15, 0.2) is 0 Å². The van der Waals surface area contributed by atoms with Crippen molar-refractivity contribution in [2.24, 2.45) is 5.92 Å². The Balaban J connectivity index is 1.77. The summed E-state index contributed by atoms with van der Waals surface area (Å²) in [5.74, 6) is -0.504. The Bertz CT molecular complexity index is 361. The molecule has 0 radical (unpaired) electrons. The third-order valence-corrected chi connectivity index (χ3v) is 4.47. The van der Waals surface area contributed by atoms with Crippen LogP contribution in [0.1, 0.15) is 45.4 Å². The summed E-state index contributed by atoms with van der Waals surface area (Å²) in [6, 6.07) is 0.452. The van der Waals surface area contributed by atoms with Crippen molar-refractivity contribution >= 4 is 12.0 Å². The van der Waals surface area contributed by atoms with E-state index in [2.05, 4.69) is 5.32 Å². The Kier molecular flexibility index (Phi) is 5.85. The van der Waals surface area contributed by atoms with E-state index in [0.29, 0.717) is 19.8 Å². The summed E-state index contributed by atoms with van der Waals surface area (Å²) in [5.41, 5.74) is 0. The molecule has 0 aromatic carbocycles. The number of hydrogen-bond acceptors (Lipinski definition) is 3. The van der Waals surface area contributed by atoms with Crippen LogP contribution in [0.15, 0.2) is 0 Å². The lowest BCUT2D eigenvalue weighted by Crippen LogP contribution is -2.51. The first-order valence-electron chi connectivity index (χ1n) is 7.97. The quantitative estimate of drug-likeness (QED) is 0.703. The number of nitrogens with zero attached hydrogens (tertiary/aromatic N) is 1. The van der Waals surface area contributed by atoms with Crippen LogP contribution in [-0.4, -0.2) is 53.8 Å². The summed E-state index contributed by atoms with van der Waals surface area (Å²) in [7, 11) is 0. The van der Waals surface area contributed by atoms with Crippen LogP contribution < -0.4 is 5.32 Å². The molecular formula is C15H26N2O4.